The number of benzene rings is 2. The highest BCUT2D eigenvalue weighted by molar-refractivity contribution is 5.85. The first kappa shape index (κ1) is 17.1. The lowest BCUT2D eigenvalue weighted by atomic mass is 10.0. The zero-order valence-corrected chi connectivity index (χ0v) is 14.7. The smallest absolute Gasteiger partial charge is 0.242 e. The maximum Gasteiger partial charge on any atom is 0.242 e. The van der Waals surface area contributed by atoms with Crippen LogP contribution in [-0.2, 0) is 4.79 Å². The first-order valence-electron chi connectivity index (χ1n) is 8.58. The van der Waals surface area contributed by atoms with Crippen molar-refractivity contribution in [3.8, 4) is 22.6 Å². The van der Waals surface area contributed by atoms with E-state index < -0.39 is 0 Å². The molecule has 0 bridgehead atoms. The molecule has 0 radical (unpaired) electrons. The monoisotopic (exact) mass is 340 g/mol. The summed E-state index contributed by atoms with van der Waals surface area (Å²) in [6.45, 7) is 0.761. The highest BCUT2D eigenvalue weighted by Crippen LogP contribution is 2.33. The average molecular weight is 340 g/mol. The molecule has 5 heteroatoms. The third-order valence-electron chi connectivity index (χ3n) is 4.48. The van der Waals surface area contributed by atoms with Crippen LogP contribution in [0.4, 0.5) is 5.69 Å². The molecule has 1 fully saturated rings. The molecule has 1 aliphatic heterocycles. The van der Waals surface area contributed by atoms with Gasteiger partial charge >= 0.3 is 0 Å². The Kier molecular flexibility index (Phi) is 5.43. The predicted octanol–water partition coefficient (Wildman–Crippen LogP) is 3.45. The van der Waals surface area contributed by atoms with Crippen molar-refractivity contribution in [2.24, 2.45) is 0 Å². The van der Waals surface area contributed by atoms with E-state index in [4.69, 9.17) is 9.47 Å². The Balaban J connectivity index is 1.87. The molecule has 0 aromatic heterocycles. The summed E-state index contributed by atoms with van der Waals surface area (Å²) in [5.41, 5.74) is 2.92. The molecule has 1 saturated heterocycles. The molecule has 0 saturated carbocycles. The first-order chi connectivity index (χ1) is 12.2. The maximum absolute atomic E-state index is 12.2. The highest BCUT2D eigenvalue weighted by Gasteiger charge is 2.20. The molecule has 2 N–H and O–H groups in total. The van der Waals surface area contributed by atoms with Crippen LogP contribution in [0.3, 0.4) is 0 Å². The minimum Gasteiger partial charge on any atom is -0.497 e. The normalized spacial score (nSPS) is 17.4. The van der Waals surface area contributed by atoms with Crippen LogP contribution in [0.15, 0.2) is 42.5 Å². The summed E-state index contributed by atoms with van der Waals surface area (Å²) in [6.07, 6.45) is 2.91. The summed E-state index contributed by atoms with van der Waals surface area (Å²) in [4.78, 5) is 12.2. The summed E-state index contributed by atoms with van der Waals surface area (Å²) in [6, 6.07) is 13.6. The Morgan fingerprint density at radius 1 is 1.04 bits per heavy atom. The van der Waals surface area contributed by atoms with Gasteiger partial charge < -0.3 is 20.1 Å². The fourth-order valence-electron chi connectivity index (χ4n) is 3.07. The second-order valence-electron chi connectivity index (χ2n) is 6.13. The van der Waals surface area contributed by atoms with Gasteiger partial charge in [-0.05, 0) is 55.2 Å². The van der Waals surface area contributed by atoms with Gasteiger partial charge in [-0.2, -0.15) is 0 Å². The van der Waals surface area contributed by atoms with Crippen LogP contribution in [0.5, 0.6) is 11.5 Å². The lowest BCUT2D eigenvalue weighted by Gasteiger charge is -2.18. The van der Waals surface area contributed by atoms with Crippen LogP contribution in [-0.4, -0.2) is 32.7 Å². The average Bonchev–Trinajstić information content (AvgIpc) is 2.86. The van der Waals surface area contributed by atoms with E-state index in [0.717, 1.165) is 54.1 Å². The molecule has 2 aromatic carbocycles. The van der Waals surface area contributed by atoms with Gasteiger partial charge in [0.15, 0.2) is 0 Å². The molecule has 25 heavy (non-hydrogen) atoms. The lowest BCUT2D eigenvalue weighted by molar-refractivity contribution is -0.121. The van der Waals surface area contributed by atoms with Crippen LogP contribution < -0.4 is 20.1 Å². The number of hydrogen-bond acceptors (Lipinski definition) is 4. The molecule has 0 unspecified atom stereocenters. The molecule has 0 aliphatic carbocycles. The highest BCUT2D eigenvalue weighted by atomic mass is 16.5. The van der Waals surface area contributed by atoms with Gasteiger partial charge in [0.2, 0.25) is 5.91 Å². The molecule has 2 aromatic rings. The van der Waals surface area contributed by atoms with Crippen LogP contribution in [0.25, 0.3) is 11.1 Å². The Labute approximate surface area is 148 Å². The minimum absolute atomic E-state index is 0.0688. The van der Waals surface area contributed by atoms with Crippen molar-refractivity contribution >= 4 is 11.6 Å². The second-order valence-corrected chi connectivity index (χ2v) is 6.13. The van der Waals surface area contributed by atoms with E-state index in [9.17, 15) is 4.79 Å². The largest absolute Gasteiger partial charge is 0.497 e. The fraction of sp³-hybridized carbons (Fsp3) is 0.350. The number of rotatable bonds is 5. The number of nitrogens with one attached hydrogen (secondary N) is 2. The SMILES string of the molecule is COc1ccc(-c2cc(N[C@H]3CCCCNC3=O)ccc2OC)cc1. The van der Waals surface area contributed by atoms with E-state index >= 15 is 0 Å². The van der Waals surface area contributed by atoms with Crippen molar-refractivity contribution < 1.29 is 14.3 Å². The maximum atomic E-state index is 12.2. The summed E-state index contributed by atoms with van der Waals surface area (Å²) in [5, 5.41) is 6.32. The van der Waals surface area contributed by atoms with Crippen LogP contribution >= 0.6 is 0 Å². The molecule has 1 amide bonds. The second kappa shape index (κ2) is 7.92. The van der Waals surface area contributed by atoms with Crippen LogP contribution in [0.2, 0.25) is 0 Å². The summed E-state index contributed by atoms with van der Waals surface area (Å²) in [7, 11) is 3.31. The summed E-state index contributed by atoms with van der Waals surface area (Å²) in [5.74, 6) is 1.67. The fourth-order valence-corrected chi connectivity index (χ4v) is 3.07. The van der Waals surface area contributed by atoms with Gasteiger partial charge in [0.25, 0.3) is 0 Å². The van der Waals surface area contributed by atoms with Crippen LogP contribution in [0.1, 0.15) is 19.3 Å². The van der Waals surface area contributed by atoms with Crippen LogP contribution in [0, 0.1) is 0 Å². The third-order valence-corrected chi connectivity index (χ3v) is 4.48. The zero-order valence-electron chi connectivity index (χ0n) is 14.7. The van der Waals surface area contributed by atoms with Gasteiger partial charge in [0, 0.05) is 17.8 Å². The first-order valence-corrected chi connectivity index (χ1v) is 8.58. The summed E-state index contributed by atoms with van der Waals surface area (Å²) < 4.78 is 10.7. The standard InChI is InChI=1S/C20H24N2O3/c1-24-16-9-6-14(7-10-16)17-13-15(8-11-19(17)25-2)22-18-5-3-4-12-21-20(18)23/h6-11,13,18,22H,3-5,12H2,1-2H3,(H,21,23)/t18-/m0/s1. The number of anilines is 1. The lowest BCUT2D eigenvalue weighted by Crippen LogP contribution is -2.37. The van der Waals surface area contributed by atoms with Crippen molar-refractivity contribution in [1.29, 1.82) is 0 Å². The van der Waals surface area contributed by atoms with Crippen molar-refractivity contribution in [3.63, 3.8) is 0 Å². The van der Waals surface area contributed by atoms with E-state index in [1.54, 1.807) is 14.2 Å². The molecular formula is C20H24N2O3. The predicted molar refractivity (Wildman–Crippen MR) is 99.3 cm³/mol. The van der Waals surface area contributed by atoms with Gasteiger partial charge in [-0.3, -0.25) is 4.79 Å². The van der Waals surface area contributed by atoms with E-state index in [1.807, 2.05) is 42.5 Å². The van der Waals surface area contributed by atoms with E-state index in [-0.39, 0.29) is 11.9 Å². The van der Waals surface area contributed by atoms with Gasteiger partial charge in [0.05, 0.1) is 14.2 Å². The molecule has 1 heterocycles. The van der Waals surface area contributed by atoms with Crippen molar-refractivity contribution in [2.75, 3.05) is 26.1 Å². The number of carbonyl (C=O) groups is 1. The number of carbonyl (C=O) groups excluding carboxylic acids is 1. The third kappa shape index (κ3) is 4.05. The zero-order chi connectivity index (χ0) is 17.6. The molecule has 3 rings (SSSR count). The van der Waals surface area contributed by atoms with Gasteiger partial charge in [-0.25, -0.2) is 0 Å². The van der Waals surface area contributed by atoms with E-state index in [0.29, 0.717) is 0 Å². The molecular weight excluding hydrogens is 316 g/mol. The quantitative estimate of drug-likeness (QED) is 0.875. The van der Waals surface area contributed by atoms with E-state index in [1.165, 1.54) is 0 Å². The van der Waals surface area contributed by atoms with E-state index in [2.05, 4.69) is 10.6 Å². The molecule has 0 spiro atoms. The molecule has 5 nitrogen and oxygen atoms in total. The van der Waals surface area contributed by atoms with Crippen molar-refractivity contribution in [1.82, 2.24) is 5.32 Å². The van der Waals surface area contributed by atoms with Crippen molar-refractivity contribution in [2.45, 2.75) is 25.3 Å². The Hall–Kier alpha value is -2.69. The van der Waals surface area contributed by atoms with Gasteiger partial charge in [0.1, 0.15) is 17.5 Å². The number of ether oxygens (including phenoxy) is 2. The van der Waals surface area contributed by atoms with Gasteiger partial charge in [-0.1, -0.05) is 12.1 Å². The molecule has 132 valence electrons. The number of methoxy groups -OCH3 is 2. The Morgan fingerprint density at radius 3 is 2.56 bits per heavy atom. The van der Waals surface area contributed by atoms with Crippen molar-refractivity contribution in [3.05, 3.63) is 42.5 Å². The minimum atomic E-state index is -0.195. The topological polar surface area (TPSA) is 59.6 Å². The number of hydrogen-bond donors (Lipinski definition) is 2. The molecule has 1 aliphatic rings. The summed E-state index contributed by atoms with van der Waals surface area (Å²) >= 11 is 0. The number of amides is 1. The Morgan fingerprint density at radius 2 is 1.84 bits per heavy atom. The van der Waals surface area contributed by atoms with Gasteiger partial charge in [-0.15, -0.1) is 0 Å². The molecule has 1 atom stereocenters. The Bertz CT molecular complexity index is 728.